The first-order valence-corrected chi connectivity index (χ1v) is 15.1. The number of esters is 5. The van der Waals surface area contributed by atoms with Crippen LogP contribution in [-0.2, 0) is 90.2 Å². The molecule has 0 aliphatic heterocycles. The second kappa shape index (κ2) is 43.3. The maximum Gasteiger partial charge on any atom is 5.00 e. The van der Waals surface area contributed by atoms with Crippen molar-refractivity contribution < 1.29 is 116 Å². The summed E-state index contributed by atoms with van der Waals surface area (Å²) >= 11 is 0. The fraction of sp³-hybridized carbons (Fsp3) is 0.667. The Kier molecular flexibility index (Phi) is 49.7. The summed E-state index contributed by atoms with van der Waals surface area (Å²) in [4.78, 5) is 101. The van der Waals surface area contributed by atoms with Gasteiger partial charge in [-0.2, -0.15) is 0 Å². The van der Waals surface area contributed by atoms with Gasteiger partial charge in [0.05, 0.1) is 65.1 Å². The number of carboxylic acids is 5. The van der Waals surface area contributed by atoms with Crippen LogP contribution in [0.2, 0.25) is 0 Å². The Balaban J connectivity index is -0.000000123. The molecule has 0 heterocycles. The van der Waals surface area contributed by atoms with E-state index in [0.717, 1.165) is 0 Å². The molecule has 0 rings (SSSR count). The first-order valence-electron chi connectivity index (χ1n) is 15.1. The normalized spacial score (nSPS) is 8.73. The van der Waals surface area contributed by atoms with Crippen molar-refractivity contribution >= 4 is 59.7 Å². The average Bonchev–Trinajstić information content (AvgIpc) is 3.02. The van der Waals surface area contributed by atoms with Crippen molar-refractivity contribution in [2.24, 2.45) is 0 Å². The van der Waals surface area contributed by atoms with Crippen LogP contribution in [0.1, 0.15) is 98.8 Å². The SMILES string of the molecule is CCOC(=O)CCC(=O)[O-].CCOC(=O)CCC(=O)[O-].CCOC(=O)CCC(=O)[O-].CCOC(=O)CCC(=O)[O-].CCOC(=O)CCC(=O)[O-].[V+5]. The van der Waals surface area contributed by atoms with Crippen molar-refractivity contribution in [3.63, 3.8) is 0 Å². The summed E-state index contributed by atoms with van der Waals surface area (Å²) in [5, 5.41) is 48.9. The van der Waals surface area contributed by atoms with E-state index in [0.29, 0.717) is 0 Å². The number of rotatable bonds is 20. The van der Waals surface area contributed by atoms with Gasteiger partial charge in [0.2, 0.25) is 0 Å². The molecule has 0 spiro atoms. The van der Waals surface area contributed by atoms with E-state index in [-0.39, 0.29) is 116 Å². The van der Waals surface area contributed by atoms with Crippen molar-refractivity contribution in [3.05, 3.63) is 0 Å². The Labute approximate surface area is 307 Å². The molecule has 0 aliphatic rings. The van der Waals surface area contributed by atoms with E-state index < -0.39 is 59.7 Å². The fourth-order valence-electron chi connectivity index (χ4n) is 2.19. The van der Waals surface area contributed by atoms with Crippen LogP contribution in [0, 0.1) is 0 Å². The zero-order chi connectivity index (χ0) is 39.9. The van der Waals surface area contributed by atoms with E-state index in [1.807, 2.05) is 0 Å². The van der Waals surface area contributed by atoms with Crippen LogP contribution in [-0.4, -0.2) is 92.7 Å². The number of hydrogen-bond acceptors (Lipinski definition) is 20. The molecule has 20 nitrogen and oxygen atoms in total. The number of hydrogen-bond donors (Lipinski definition) is 0. The van der Waals surface area contributed by atoms with Crippen LogP contribution in [0.3, 0.4) is 0 Å². The number of ether oxygens (including phenoxy) is 5. The van der Waals surface area contributed by atoms with E-state index in [4.69, 9.17) is 0 Å². The summed E-state index contributed by atoms with van der Waals surface area (Å²) in [6.45, 7) is 9.74. The average molecular weight is 777 g/mol. The second-order valence-electron chi connectivity index (χ2n) is 8.39. The largest absolute Gasteiger partial charge is 5.00 e. The van der Waals surface area contributed by atoms with Crippen LogP contribution in [0.15, 0.2) is 0 Å². The van der Waals surface area contributed by atoms with Crippen LogP contribution in [0.5, 0.6) is 0 Å². The van der Waals surface area contributed by atoms with E-state index in [9.17, 15) is 73.5 Å². The molecule has 0 radical (unpaired) electrons. The molecule has 0 bridgehead atoms. The van der Waals surface area contributed by atoms with Gasteiger partial charge >= 0.3 is 48.4 Å². The molecule has 0 aromatic heterocycles. The summed E-state index contributed by atoms with van der Waals surface area (Å²) < 4.78 is 22.3. The van der Waals surface area contributed by atoms with Gasteiger partial charge in [-0.25, -0.2) is 0 Å². The van der Waals surface area contributed by atoms with Gasteiger partial charge < -0.3 is 73.2 Å². The predicted octanol–water partition coefficient (Wildman–Crippen LogP) is -4.60. The van der Waals surface area contributed by atoms with E-state index in [1.165, 1.54) is 0 Å². The molecule has 0 fully saturated rings. The molecule has 290 valence electrons. The van der Waals surface area contributed by atoms with Gasteiger partial charge in [0, 0.05) is 29.8 Å². The molecule has 0 saturated carbocycles. The van der Waals surface area contributed by atoms with Gasteiger partial charge in [-0.05, 0) is 66.7 Å². The van der Waals surface area contributed by atoms with Crippen molar-refractivity contribution in [1.82, 2.24) is 0 Å². The molecule has 0 aromatic carbocycles. The van der Waals surface area contributed by atoms with Gasteiger partial charge in [-0.15, -0.1) is 0 Å². The van der Waals surface area contributed by atoms with Crippen molar-refractivity contribution in [3.8, 4) is 0 Å². The quantitative estimate of drug-likeness (QED) is 0.0829. The van der Waals surface area contributed by atoms with Crippen LogP contribution in [0.4, 0.5) is 0 Å². The Hall–Kier alpha value is -4.72. The Bertz CT molecular complexity index is 841. The molecule has 0 aliphatic carbocycles. The van der Waals surface area contributed by atoms with Gasteiger partial charge in [0.1, 0.15) is 0 Å². The molecular formula is C30H45O20V. The fourth-order valence-corrected chi connectivity index (χ4v) is 2.19. The molecule has 0 N–H and O–H groups in total. The zero-order valence-corrected chi connectivity index (χ0v) is 30.6. The first-order chi connectivity index (χ1) is 23.3. The summed E-state index contributed by atoms with van der Waals surface area (Å²) in [7, 11) is 0. The number of carbonyl (C=O) groups is 10. The predicted molar refractivity (Wildman–Crippen MR) is 154 cm³/mol. The third-order valence-corrected chi connectivity index (χ3v) is 4.19. The van der Waals surface area contributed by atoms with E-state index >= 15 is 0 Å². The summed E-state index contributed by atoms with van der Waals surface area (Å²) in [6.07, 6.45) is -1.83. The maximum absolute atomic E-state index is 10.4. The van der Waals surface area contributed by atoms with Crippen LogP contribution < -0.4 is 25.5 Å². The Morgan fingerprint density at radius 3 is 0.490 bits per heavy atom. The van der Waals surface area contributed by atoms with Gasteiger partial charge in [0.25, 0.3) is 0 Å². The minimum atomic E-state index is -1.23. The molecular weight excluding hydrogens is 731 g/mol. The number of carbonyl (C=O) groups excluding carboxylic acids is 10. The summed E-state index contributed by atoms with van der Waals surface area (Å²) in [6, 6.07) is 0. The van der Waals surface area contributed by atoms with Crippen LogP contribution in [0.25, 0.3) is 0 Å². The van der Waals surface area contributed by atoms with E-state index in [1.54, 1.807) is 34.6 Å². The third-order valence-electron chi connectivity index (χ3n) is 4.19. The zero-order valence-electron chi connectivity index (χ0n) is 29.2. The maximum atomic E-state index is 10.4. The summed E-state index contributed by atoms with van der Waals surface area (Å²) in [5.74, 6) is -8.61. The van der Waals surface area contributed by atoms with Crippen molar-refractivity contribution in [2.75, 3.05) is 33.0 Å². The summed E-state index contributed by atoms with van der Waals surface area (Å²) in [5.41, 5.74) is 0. The second-order valence-corrected chi connectivity index (χ2v) is 8.39. The van der Waals surface area contributed by atoms with E-state index in [2.05, 4.69) is 23.7 Å². The topological polar surface area (TPSA) is 332 Å². The van der Waals surface area contributed by atoms with Crippen molar-refractivity contribution in [1.29, 1.82) is 0 Å². The van der Waals surface area contributed by atoms with Crippen LogP contribution >= 0.6 is 0 Å². The molecule has 0 aromatic rings. The Morgan fingerprint density at radius 2 is 0.412 bits per heavy atom. The Morgan fingerprint density at radius 1 is 0.294 bits per heavy atom. The number of carboxylic acid groups (broad SMARTS) is 5. The molecule has 0 amide bonds. The molecule has 0 saturated heterocycles. The van der Waals surface area contributed by atoms with Crippen molar-refractivity contribution in [2.45, 2.75) is 98.8 Å². The minimum absolute atomic E-state index is 0. The van der Waals surface area contributed by atoms with Gasteiger partial charge in [0.15, 0.2) is 0 Å². The number of aliphatic carboxylic acids is 5. The molecule has 51 heavy (non-hydrogen) atoms. The minimum Gasteiger partial charge on any atom is -0.550 e. The molecule has 21 heteroatoms. The third kappa shape index (κ3) is 68.1. The molecule has 0 atom stereocenters. The molecule has 0 unspecified atom stereocenters. The first kappa shape index (κ1) is 58.5. The van der Waals surface area contributed by atoms with Gasteiger partial charge in [-0.3, -0.25) is 24.0 Å². The standard InChI is InChI=1S/5C6H10O4.V/c5*1-2-10-6(9)4-3-5(7)8;/h5*2-4H2,1H3,(H,7,8);/q;;;;;+5/p-5. The smallest absolute Gasteiger partial charge is 0.550 e. The monoisotopic (exact) mass is 776 g/mol. The van der Waals surface area contributed by atoms with Gasteiger partial charge in [-0.1, -0.05) is 0 Å².